The summed E-state index contributed by atoms with van der Waals surface area (Å²) in [5, 5.41) is 0. The van der Waals surface area contributed by atoms with Crippen LogP contribution >= 0.6 is 0 Å². The van der Waals surface area contributed by atoms with Crippen LogP contribution in [-0.4, -0.2) is 23.2 Å². The average molecular weight is 221 g/mol. The fourth-order valence-electron chi connectivity index (χ4n) is 2.19. The van der Waals surface area contributed by atoms with Gasteiger partial charge >= 0.3 is 0 Å². The van der Waals surface area contributed by atoms with Crippen molar-refractivity contribution in [1.82, 2.24) is 9.97 Å². The lowest BCUT2D eigenvalue weighted by Crippen LogP contribution is -2.19. The maximum Gasteiger partial charge on any atom is 0.134 e. The van der Waals surface area contributed by atoms with Crippen molar-refractivity contribution in [3.8, 4) is 0 Å². The van der Waals surface area contributed by atoms with Crippen LogP contribution in [0, 0.1) is 13.8 Å². The maximum atomic E-state index is 5.68. The number of hydrogen-bond acceptors (Lipinski definition) is 4. The van der Waals surface area contributed by atoms with Gasteiger partial charge in [-0.15, -0.1) is 0 Å². The molecule has 0 aromatic carbocycles. The minimum atomic E-state index is 0.359. The number of nitrogens with zero attached hydrogens (tertiary/aromatic N) is 2. The van der Waals surface area contributed by atoms with E-state index in [0.717, 1.165) is 48.8 Å². The van der Waals surface area contributed by atoms with Crippen LogP contribution in [0.2, 0.25) is 0 Å². The van der Waals surface area contributed by atoms with Gasteiger partial charge in [-0.1, -0.05) is 0 Å². The number of rotatable bonds is 2. The minimum Gasteiger partial charge on any atom is -0.381 e. The molecular formula is C12H19N3O. The Morgan fingerprint density at radius 2 is 2.00 bits per heavy atom. The van der Waals surface area contributed by atoms with Crippen LogP contribution in [0.15, 0.2) is 0 Å². The van der Waals surface area contributed by atoms with Gasteiger partial charge in [-0.3, -0.25) is 0 Å². The van der Waals surface area contributed by atoms with Crippen molar-refractivity contribution in [2.24, 2.45) is 5.73 Å². The molecule has 0 saturated carbocycles. The van der Waals surface area contributed by atoms with Gasteiger partial charge < -0.3 is 10.5 Å². The monoisotopic (exact) mass is 221 g/mol. The van der Waals surface area contributed by atoms with Gasteiger partial charge in [0.1, 0.15) is 5.82 Å². The first-order valence-electron chi connectivity index (χ1n) is 5.84. The third-order valence-corrected chi connectivity index (χ3v) is 3.17. The molecule has 2 N–H and O–H groups in total. The number of aromatic nitrogens is 2. The van der Waals surface area contributed by atoms with E-state index in [1.165, 1.54) is 0 Å². The Morgan fingerprint density at radius 3 is 2.50 bits per heavy atom. The van der Waals surface area contributed by atoms with E-state index in [1.54, 1.807) is 0 Å². The third-order valence-electron chi connectivity index (χ3n) is 3.17. The van der Waals surface area contributed by atoms with Crippen molar-refractivity contribution in [1.29, 1.82) is 0 Å². The number of nitrogens with two attached hydrogens (primary N) is 1. The largest absolute Gasteiger partial charge is 0.381 e. The molecule has 1 saturated heterocycles. The fraction of sp³-hybridized carbons (Fsp3) is 0.667. The van der Waals surface area contributed by atoms with Crippen LogP contribution in [0.5, 0.6) is 0 Å². The second kappa shape index (κ2) is 4.89. The van der Waals surface area contributed by atoms with Crippen molar-refractivity contribution in [3.05, 3.63) is 22.8 Å². The zero-order valence-electron chi connectivity index (χ0n) is 9.99. The summed E-state index contributed by atoms with van der Waals surface area (Å²) in [4.78, 5) is 9.11. The van der Waals surface area contributed by atoms with Gasteiger partial charge in [0.15, 0.2) is 0 Å². The molecule has 1 aromatic heterocycles. The Hall–Kier alpha value is -1.00. The van der Waals surface area contributed by atoms with Crippen molar-refractivity contribution in [3.63, 3.8) is 0 Å². The highest BCUT2D eigenvalue weighted by atomic mass is 16.5. The van der Waals surface area contributed by atoms with Gasteiger partial charge in [-0.25, -0.2) is 9.97 Å². The van der Waals surface area contributed by atoms with Crippen molar-refractivity contribution < 1.29 is 4.74 Å². The standard InChI is InChI=1S/C12H19N3O/c1-8-11(6-13)9(2)15-12(14-8)10-4-3-5-16-7-10/h10H,3-7,13H2,1-2H3. The van der Waals surface area contributed by atoms with Gasteiger partial charge in [0, 0.05) is 36.0 Å². The molecule has 0 radical (unpaired) electrons. The summed E-state index contributed by atoms with van der Waals surface area (Å²) in [5.74, 6) is 1.28. The molecule has 1 aromatic rings. The quantitative estimate of drug-likeness (QED) is 0.821. The molecule has 0 bridgehead atoms. The van der Waals surface area contributed by atoms with E-state index in [0.29, 0.717) is 12.5 Å². The average Bonchev–Trinajstić information content (AvgIpc) is 2.30. The minimum absolute atomic E-state index is 0.359. The summed E-state index contributed by atoms with van der Waals surface area (Å²) in [6.45, 7) is 6.14. The van der Waals surface area contributed by atoms with Crippen LogP contribution in [0.25, 0.3) is 0 Å². The molecule has 1 aliphatic rings. The Balaban J connectivity index is 2.28. The highest BCUT2D eigenvalue weighted by Crippen LogP contribution is 2.23. The summed E-state index contributed by atoms with van der Waals surface area (Å²) < 4.78 is 5.47. The SMILES string of the molecule is Cc1nc(C2CCCOC2)nc(C)c1CN. The van der Waals surface area contributed by atoms with Gasteiger partial charge in [-0.2, -0.15) is 0 Å². The van der Waals surface area contributed by atoms with Crippen molar-refractivity contribution in [2.75, 3.05) is 13.2 Å². The van der Waals surface area contributed by atoms with Crippen LogP contribution in [0.1, 0.15) is 41.5 Å². The van der Waals surface area contributed by atoms with Crippen LogP contribution in [0.3, 0.4) is 0 Å². The lowest BCUT2D eigenvalue weighted by Gasteiger charge is -2.22. The van der Waals surface area contributed by atoms with Gasteiger partial charge in [0.2, 0.25) is 0 Å². The molecule has 2 heterocycles. The molecule has 0 aliphatic carbocycles. The molecule has 4 heteroatoms. The first kappa shape index (κ1) is 11.5. The highest BCUT2D eigenvalue weighted by molar-refractivity contribution is 5.24. The second-order valence-electron chi connectivity index (χ2n) is 4.35. The maximum absolute atomic E-state index is 5.68. The molecular weight excluding hydrogens is 202 g/mol. The predicted molar refractivity (Wildman–Crippen MR) is 62.2 cm³/mol. The van der Waals surface area contributed by atoms with Gasteiger partial charge in [-0.05, 0) is 26.7 Å². The van der Waals surface area contributed by atoms with E-state index in [4.69, 9.17) is 10.5 Å². The Bertz CT molecular complexity index is 350. The summed E-state index contributed by atoms with van der Waals surface area (Å²) >= 11 is 0. The van der Waals surface area contributed by atoms with E-state index in [-0.39, 0.29) is 0 Å². The van der Waals surface area contributed by atoms with E-state index in [9.17, 15) is 0 Å². The first-order valence-corrected chi connectivity index (χ1v) is 5.84. The Kier molecular flexibility index (Phi) is 3.51. The molecule has 1 fully saturated rings. The molecule has 16 heavy (non-hydrogen) atoms. The Labute approximate surface area is 96.2 Å². The molecule has 1 aliphatic heterocycles. The summed E-state index contributed by atoms with van der Waals surface area (Å²) in [5.41, 5.74) is 8.76. The Morgan fingerprint density at radius 1 is 1.31 bits per heavy atom. The first-order chi connectivity index (χ1) is 7.72. The molecule has 0 spiro atoms. The fourth-order valence-corrected chi connectivity index (χ4v) is 2.19. The summed E-state index contributed by atoms with van der Waals surface area (Å²) in [6, 6.07) is 0. The normalized spacial score (nSPS) is 21.1. The third kappa shape index (κ3) is 2.23. The molecule has 88 valence electrons. The van der Waals surface area contributed by atoms with Crippen LogP contribution in [-0.2, 0) is 11.3 Å². The predicted octanol–water partition coefficient (Wildman–Crippen LogP) is 1.45. The lowest BCUT2D eigenvalue weighted by molar-refractivity contribution is 0.0779. The van der Waals surface area contributed by atoms with Crippen LogP contribution < -0.4 is 5.73 Å². The van der Waals surface area contributed by atoms with E-state index in [2.05, 4.69) is 9.97 Å². The molecule has 1 atom stereocenters. The number of hydrogen-bond donors (Lipinski definition) is 1. The zero-order chi connectivity index (χ0) is 11.5. The lowest BCUT2D eigenvalue weighted by atomic mass is 10.0. The second-order valence-corrected chi connectivity index (χ2v) is 4.35. The highest BCUT2D eigenvalue weighted by Gasteiger charge is 2.20. The van der Waals surface area contributed by atoms with Gasteiger partial charge in [0.05, 0.1) is 6.61 Å². The molecule has 0 amide bonds. The number of ether oxygens (including phenoxy) is 1. The molecule has 2 rings (SSSR count). The number of aryl methyl sites for hydroxylation is 2. The summed E-state index contributed by atoms with van der Waals surface area (Å²) in [7, 11) is 0. The molecule has 1 unspecified atom stereocenters. The van der Waals surface area contributed by atoms with E-state index >= 15 is 0 Å². The van der Waals surface area contributed by atoms with E-state index in [1.807, 2.05) is 13.8 Å². The van der Waals surface area contributed by atoms with Crippen LogP contribution in [0.4, 0.5) is 0 Å². The summed E-state index contributed by atoms with van der Waals surface area (Å²) in [6.07, 6.45) is 2.23. The van der Waals surface area contributed by atoms with Gasteiger partial charge in [0.25, 0.3) is 0 Å². The molecule has 4 nitrogen and oxygen atoms in total. The van der Waals surface area contributed by atoms with E-state index < -0.39 is 0 Å². The van der Waals surface area contributed by atoms with Crippen molar-refractivity contribution in [2.45, 2.75) is 39.2 Å². The van der Waals surface area contributed by atoms with Crippen molar-refractivity contribution >= 4 is 0 Å². The smallest absolute Gasteiger partial charge is 0.134 e. The zero-order valence-corrected chi connectivity index (χ0v) is 9.99. The topological polar surface area (TPSA) is 61.0 Å².